The first-order valence-electron chi connectivity index (χ1n) is 8.90. The van der Waals surface area contributed by atoms with Gasteiger partial charge in [-0.2, -0.15) is 4.98 Å². The van der Waals surface area contributed by atoms with E-state index in [1.165, 1.54) is 12.1 Å². The third kappa shape index (κ3) is 4.56. The first-order valence-corrected chi connectivity index (χ1v) is 9.28. The number of benzene rings is 1. The zero-order valence-electron chi connectivity index (χ0n) is 16.3. The van der Waals surface area contributed by atoms with E-state index in [-0.39, 0.29) is 34.1 Å². The summed E-state index contributed by atoms with van der Waals surface area (Å²) >= 11 is 5.88. The lowest BCUT2D eigenvalue weighted by atomic mass is 9.98. The van der Waals surface area contributed by atoms with Gasteiger partial charge in [0.15, 0.2) is 5.65 Å². The van der Waals surface area contributed by atoms with E-state index in [1.807, 2.05) is 0 Å². The van der Waals surface area contributed by atoms with E-state index in [1.54, 1.807) is 20.8 Å². The summed E-state index contributed by atoms with van der Waals surface area (Å²) in [4.78, 5) is 33.7. The number of pyridine rings is 1. The number of rotatable bonds is 4. The standard InChI is InChI=1S/C20H18ClF2N3O4/c1-20(2,3)26(19(28)29)14(8-10-6-11(22)9-12(23)7-10)17-25-16-13(18(27)30-17)4-5-15(21)24-16/h4-7,9,14H,8H2,1-3H3,(H,28,29)/t14-/m0/s1. The van der Waals surface area contributed by atoms with E-state index < -0.39 is 34.9 Å². The van der Waals surface area contributed by atoms with Gasteiger partial charge in [-0.3, -0.25) is 4.90 Å². The minimum Gasteiger partial charge on any atom is -0.465 e. The smallest absolute Gasteiger partial charge is 0.408 e. The molecule has 0 aliphatic heterocycles. The minimum atomic E-state index is -1.33. The third-order valence-electron chi connectivity index (χ3n) is 4.35. The lowest BCUT2D eigenvalue weighted by Crippen LogP contribution is -2.48. The Morgan fingerprint density at radius 3 is 2.40 bits per heavy atom. The van der Waals surface area contributed by atoms with Crippen molar-refractivity contribution in [2.75, 3.05) is 0 Å². The normalized spacial score (nSPS) is 12.7. The average Bonchev–Trinajstić information content (AvgIpc) is 2.58. The molecule has 0 saturated heterocycles. The Bertz CT molecular complexity index is 1160. The fourth-order valence-corrected chi connectivity index (χ4v) is 3.36. The van der Waals surface area contributed by atoms with Crippen molar-refractivity contribution in [3.63, 3.8) is 0 Å². The van der Waals surface area contributed by atoms with Gasteiger partial charge < -0.3 is 9.52 Å². The lowest BCUT2D eigenvalue weighted by molar-refractivity contribution is 0.0588. The van der Waals surface area contributed by atoms with Crippen molar-refractivity contribution in [3.05, 3.63) is 69.0 Å². The number of carboxylic acid groups (broad SMARTS) is 1. The molecule has 0 spiro atoms. The Balaban J connectivity index is 2.21. The highest BCUT2D eigenvalue weighted by Gasteiger charge is 2.37. The number of halogens is 3. The van der Waals surface area contributed by atoms with Gasteiger partial charge in [0.25, 0.3) is 0 Å². The van der Waals surface area contributed by atoms with E-state index in [0.29, 0.717) is 6.07 Å². The van der Waals surface area contributed by atoms with E-state index in [4.69, 9.17) is 16.0 Å². The highest BCUT2D eigenvalue weighted by Crippen LogP contribution is 2.31. The molecule has 1 N–H and O–H groups in total. The fraction of sp³-hybridized carbons (Fsp3) is 0.300. The second-order valence-electron chi connectivity index (χ2n) is 7.67. The first kappa shape index (κ1) is 21.6. The van der Waals surface area contributed by atoms with Crippen molar-refractivity contribution >= 4 is 28.7 Å². The molecule has 1 amide bonds. The third-order valence-corrected chi connectivity index (χ3v) is 4.56. The number of aromatic nitrogens is 2. The number of carbonyl (C=O) groups is 1. The molecule has 3 aromatic rings. The molecular formula is C20H18ClF2N3O4. The van der Waals surface area contributed by atoms with Gasteiger partial charge in [0.2, 0.25) is 5.89 Å². The second kappa shape index (κ2) is 7.98. The summed E-state index contributed by atoms with van der Waals surface area (Å²) in [6.07, 6.45) is -1.52. The molecule has 10 heteroatoms. The Hall–Kier alpha value is -3.07. The zero-order chi connectivity index (χ0) is 22.2. The van der Waals surface area contributed by atoms with Gasteiger partial charge in [-0.05, 0) is 50.6 Å². The molecule has 3 rings (SSSR count). The lowest BCUT2D eigenvalue weighted by Gasteiger charge is -2.38. The van der Waals surface area contributed by atoms with Crippen LogP contribution in [0.5, 0.6) is 0 Å². The van der Waals surface area contributed by atoms with Gasteiger partial charge in [0.05, 0.1) is 0 Å². The maximum absolute atomic E-state index is 13.7. The highest BCUT2D eigenvalue weighted by atomic mass is 35.5. The molecule has 7 nitrogen and oxygen atoms in total. The van der Waals surface area contributed by atoms with Gasteiger partial charge in [-0.25, -0.2) is 23.4 Å². The van der Waals surface area contributed by atoms with E-state index in [2.05, 4.69) is 9.97 Å². The van der Waals surface area contributed by atoms with Crippen molar-refractivity contribution < 1.29 is 23.1 Å². The predicted octanol–water partition coefficient (Wildman–Crippen LogP) is 4.58. The summed E-state index contributed by atoms with van der Waals surface area (Å²) in [6.45, 7) is 4.90. The molecule has 0 aliphatic rings. The monoisotopic (exact) mass is 437 g/mol. The molecular weight excluding hydrogens is 420 g/mol. The van der Waals surface area contributed by atoms with Crippen molar-refractivity contribution in [2.24, 2.45) is 0 Å². The van der Waals surface area contributed by atoms with Crippen molar-refractivity contribution in [1.29, 1.82) is 0 Å². The fourth-order valence-electron chi connectivity index (χ4n) is 3.22. The molecule has 0 bridgehead atoms. The largest absolute Gasteiger partial charge is 0.465 e. The summed E-state index contributed by atoms with van der Waals surface area (Å²) < 4.78 is 32.7. The van der Waals surface area contributed by atoms with Gasteiger partial charge in [-0.1, -0.05) is 11.6 Å². The SMILES string of the molecule is CC(C)(C)N(C(=O)O)[C@@H](Cc1cc(F)cc(F)c1)c1nc2nc(Cl)ccc2c(=O)o1. The summed E-state index contributed by atoms with van der Waals surface area (Å²) in [6, 6.07) is 4.48. The van der Waals surface area contributed by atoms with Crippen LogP contribution in [0, 0.1) is 11.6 Å². The van der Waals surface area contributed by atoms with Crippen LogP contribution in [0.4, 0.5) is 13.6 Å². The Labute approximate surface area is 174 Å². The molecule has 158 valence electrons. The number of hydrogen-bond donors (Lipinski definition) is 1. The summed E-state index contributed by atoms with van der Waals surface area (Å²) in [5, 5.41) is 10.00. The molecule has 0 radical (unpaired) electrons. The highest BCUT2D eigenvalue weighted by molar-refractivity contribution is 6.29. The van der Waals surface area contributed by atoms with E-state index >= 15 is 0 Å². The van der Waals surface area contributed by atoms with Crippen LogP contribution in [-0.2, 0) is 6.42 Å². The van der Waals surface area contributed by atoms with Crippen LogP contribution in [0.3, 0.4) is 0 Å². The van der Waals surface area contributed by atoms with Gasteiger partial charge in [0, 0.05) is 18.0 Å². The first-order chi connectivity index (χ1) is 14.0. The van der Waals surface area contributed by atoms with Gasteiger partial charge >= 0.3 is 11.7 Å². The maximum Gasteiger partial charge on any atom is 0.408 e. The summed E-state index contributed by atoms with van der Waals surface area (Å²) in [5.41, 5.74) is -1.60. The zero-order valence-corrected chi connectivity index (χ0v) is 17.1. The quantitative estimate of drug-likeness (QED) is 0.600. The Kier molecular flexibility index (Phi) is 5.76. The Morgan fingerprint density at radius 1 is 1.20 bits per heavy atom. The minimum absolute atomic E-state index is 0.0246. The van der Waals surface area contributed by atoms with Gasteiger partial charge in [0.1, 0.15) is 28.2 Å². The van der Waals surface area contributed by atoms with Crippen molar-refractivity contribution in [2.45, 2.75) is 38.8 Å². The van der Waals surface area contributed by atoms with Crippen molar-refractivity contribution in [1.82, 2.24) is 14.9 Å². The molecule has 0 saturated carbocycles. The molecule has 1 aromatic carbocycles. The molecule has 2 aromatic heterocycles. The number of amides is 1. The van der Waals surface area contributed by atoms with Crippen LogP contribution in [-0.4, -0.2) is 31.6 Å². The predicted molar refractivity (Wildman–Crippen MR) is 106 cm³/mol. The van der Waals surface area contributed by atoms with Crippen LogP contribution in [0.25, 0.3) is 11.0 Å². The van der Waals surface area contributed by atoms with Gasteiger partial charge in [-0.15, -0.1) is 0 Å². The topological polar surface area (TPSA) is 96.5 Å². The summed E-state index contributed by atoms with van der Waals surface area (Å²) in [7, 11) is 0. The van der Waals surface area contributed by atoms with Crippen LogP contribution < -0.4 is 5.63 Å². The summed E-state index contributed by atoms with van der Waals surface area (Å²) in [5.74, 6) is -1.89. The molecule has 0 fully saturated rings. The Morgan fingerprint density at radius 2 is 1.83 bits per heavy atom. The number of hydrogen-bond acceptors (Lipinski definition) is 5. The second-order valence-corrected chi connectivity index (χ2v) is 8.05. The van der Waals surface area contributed by atoms with Crippen LogP contribution in [0.15, 0.2) is 39.5 Å². The van der Waals surface area contributed by atoms with Crippen LogP contribution in [0.2, 0.25) is 5.15 Å². The molecule has 30 heavy (non-hydrogen) atoms. The molecule has 0 unspecified atom stereocenters. The van der Waals surface area contributed by atoms with Crippen LogP contribution in [0.1, 0.15) is 38.3 Å². The van der Waals surface area contributed by atoms with E-state index in [0.717, 1.165) is 17.0 Å². The molecule has 2 heterocycles. The van der Waals surface area contributed by atoms with Crippen LogP contribution >= 0.6 is 11.6 Å². The van der Waals surface area contributed by atoms with Crippen molar-refractivity contribution in [3.8, 4) is 0 Å². The molecule has 0 aliphatic carbocycles. The van der Waals surface area contributed by atoms with E-state index in [9.17, 15) is 23.5 Å². The number of fused-ring (bicyclic) bond motifs is 1. The average molecular weight is 438 g/mol. The maximum atomic E-state index is 13.7. The molecule has 1 atom stereocenters. The number of nitrogens with zero attached hydrogens (tertiary/aromatic N) is 3.